The van der Waals surface area contributed by atoms with Crippen molar-refractivity contribution >= 4 is 0 Å². The Morgan fingerprint density at radius 3 is 2.87 bits per heavy atom. The molecule has 1 unspecified atom stereocenters. The fourth-order valence-corrected chi connectivity index (χ4v) is 2.08. The van der Waals surface area contributed by atoms with E-state index in [9.17, 15) is 8.78 Å². The number of hydrogen-bond acceptors (Lipinski definition) is 1. The van der Waals surface area contributed by atoms with Crippen molar-refractivity contribution in [2.45, 2.75) is 25.4 Å². The zero-order valence-electron chi connectivity index (χ0n) is 8.82. The van der Waals surface area contributed by atoms with Gasteiger partial charge in [-0.1, -0.05) is 11.6 Å². The van der Waals surface area contributed by atoms with Crippen LogP contribution in [0, 0.1) is 12.7 Å². The Labute approximate surface area is 88.5 Å². The number of alkyl halides is 1. The zero-order chi connectivity index (χ0) is 10.9. The minimum atomic E-state index is -1.53. The summed E-state index contributed by atoms with van der Waals surface area (Å²) in [4.78, 5) is 0. The van der Waals surface area contributed by atoms with E-state index in [1.807, 2.05) is 6.92 Å². The molecule has 1 aromatic carbocycles. The van der Waals surface area contributed by atoms with Gasteiger partial charge in [-0.2, -0.15) is 0 Å². The number of aryl methyl sites for hydroxylation is 1. The Hall–Kier alpha value is -0.960. The van der Waals surface area contributed by atoms with E-state index in [-0.39, 0.29) is 12.1 Å². The maximum absolute atomic E-state index is 14.4. The molecule has 1 heterocycles. The molecule has 1 fully saturated rings. The van der Waals surface area contributed by atoms with Gasteiger partial charge in [0.2, 0.25) is 0 Å². The Kier molecular flexibility index (Phi) is 2.74. The average Bonchev–Trinajstić information content (AvgIpc) is 2.23. The quantitative estimate of drug-likeness (QED) is 0.753. The first-order valence-corrected chi connectivity index (χ1v) is 5.28. The van der Waals surface area contributed by atoms with Crippen molar-refractivity contribution in [3.63, 3.8) is 0 Å². The molecule has 0 aromatic heterocycles. The van der Waals surface area contributed by atoms with E-state index in [0.29, 0.717) is 6.42 Å². The summed E-state index contributed by atoms with van der Waals surface area (Å²) in [6.45, 7) is 2.88. The van der Waals surface area contributed by atoms with Gasteiger partial charge in [-0.05, 0) is 38.4 Å². The molecule has 1 N–H and O–H groups in total. The lowest BCUT2D eigenvalue weighted by molar-refractivity contribution is 0.117. The number of halogens is 2. The van der Waals surface area contributed by atoms with Crippen molar-refractivity contribution < 1.29 is 8.78 Å². The first kappa shape index (κ1) is 10.6. The maximum Gasteiger partial charge on any atom is 0.151 e. The van der Waals surface area contributed by atoms with Gasteiger partial charge in [-0.15, -0.1) is 0 Å². The molecule has 82 valence electrons. The second-order valence-corrected chi connectivity index (χ2v) is 4.23. The molecule has 2 rings (SSSR count). The van der Waals surface area contributed by atoms with Crippen LogP contribution in [0.1, 0.15) is 24.0 Å². The Balaban J connectivity index is 2.38. The zero-order valence-corrected chi connectivity index (χ0v) is 8.82. The molecule has 0 amide bonds. The van der Waals surface area contributed by atoms with Gasteiger partial charge in [-0.3, -0.25) is 0 Å². The van der Waals surface area contributed by atoms with Crippen LogP contribution in [-0.4, -0.2) is 13.1 Å². The molecule has 1 aliphatic heterocycles. The van der Waals surface area contributed by atoms with Crippen LogP contribution >= 0.6 is 0 Å². The summed E-state index contributed by atoms with van der Waals surface area (Å²) in [5.41, 5.74) is -0.433. The molecule has 15 heavy (non-hydrogen) atoms. The normalized spacial score (nSPS) is 26.6. The van der Waals surface area contributed by atoms with Gasteiger partial charge in [-0.25, -0.2) is 8.78 Å². The molecule has 0 spiro atoms. The molecule has 1 saturated heterocycles. The van der Waals surface area contributed by atoms with Crippen LogP contribution in [0.25, 0.3) is 0 Å². The van der Waals surface area contributed by atoms with E-state index in [2.05, 4.69) is 5.32 Å². The first-order valence-electron chi connectivity index (χ1n) is 5.28. The fourth-order valence-electron chi connectivity index (χ4n) is 2.08. The van der Waals surface area contributed by atoms with Crippen molar-refractivity contribution in [1.82, 2.24) is 5.32 Å². The van der Waals surface area contributed by atoms with Crippen molar-refractivity contribution in [2.24, 2.45) is 0 Å². The largest absolute Gasteiger partial charge is 0.313 e. The van der Waals surface area contributed by atoms with Crippen LogP contribution < -0.4 is 5.32 Å². The van der Waals surface area contributed by atoms with Crippen molar-refractivity contribution in [3.05, 3.63) is 35.1 Å². The molecule has 0 radical (unpaired) electrons. The van der Waals surface area contributed by atoms with Gasteiger partial charge in [0.1, 0.15) is 5.82 Å². The van der Waals surface area contributed by atoms with Gasteiger partial charge in [0.05, 0.1) is 0 Å². The lowest BCUT2D eigenvalue weighted by atomic mass is 9.87. The second-order valence-electron chi connectivity index (χ2n) is 4.23. The highest BCUT2D eigenvalue weighted by Crippen LogP contribution is 2.34. The van der Waals surface area contributed by atoms with Gasteiger partial charge in [0.15, 0.2) is 5.67 Å². The van der Waals surface area contributed by atoms with E-state index >= 15 is 0 Å². The summed E-state index contributed by atoms with van der Waals surface area (Å²) in [5, 5.41) is 2.98. The number of piperidine rings is 1. The lowest BCUT2D eigenvalue weighted by Gasteiger charge is -2.31. The fraction of sp³-hybridized carbons (Fsp3) is 0.500. The summed E-state index contributed by atoms with van der Waals surface area (Å²) >= 11 is 0. The molecule has 3 heteroatoms. The minimum absolute atomic E-state index is 0.203. The van der Waals surface area contributed by atoms with Crippen LogP contribution in [0.3, 0.4) is 0 Å². The summed E-state index contributed by atoms with van der Waals surface area (Å²) in [7, 11) is 0. The van der Waals surface area contributed by atoms with Crippen LogP contribution in [0.15, 0.2) is 18.2 Å². The Bertz CT molecular complexity index is 357. The molecule has 0 bridgehead atoms. The molecular formula is C12H15F2N. The first-order chi connectivity index (χ1) is 7.12. The monoisotopic (exact) mass is 211 g/mol. The molecule has 1 nitrogen and oxygen atoms in total. The molecule has 0 saturated carbocycles. The van der Waals surface area contributed by atoms with Crippen molar-refractivity contribution in [2.75, 3.05) is 13.1 Å². The van der Waals surface area contributed by atoms with Gasteiger partial charge >= 0.3 is 0 Å². The summed E-state index contributed by atoms with van der Waals surface area (Å²) in [5.74, 6) is -0.438. The Morgan fingerprint density at radius 1 is 1.40 bits per heavy atom. The number of nitrogens with one attached hydrogen (secondary N) is 1. The van der Waals surface area contributed by atoms with E-state index < -0.39 is 11.5 Å². The lowest BCUT2D eigenvalue weighted by Crippen LogP contribution is -2.40. The van der Waals surface area contributed by atoms with Gasteiger partial charge in [0, 0.05) is 12.1 Å². The minimum Gasteiger partial charge on any atom is -0.313 e. The van der Waals surface area contributed by atoms with Crippen LogP contribution in [0.4, 0.5) is 8.78 Å². The van der Waals surface area contributed by atoms with E-state index in [1.54, 1.807) is 12.1 Å². The molecule has 1 aromatic rings. The number of hydrogen-bond donors (Lipinski definition) is 1. The third-order valence-electron chi connectivity index (χ3n) is 2.94. The summed E-state index contributed by atoms with van der Waals surface area (Å²) < 4.78 is 28.0. The Morgan fingerprint density at radius 2 is 2.20 bits per heavy atom. The third kappa shape index (κ3) is 2.02. The maximum atomic E-state index is 14.4. The molecule has 1 aliphatic rings. The predicted molar refractivity (Wildman–Crippen MR) is 56.0 cm³/mol. The van der Waals surface area contributed by atoms with E-state index in [0.717, 1.165) is 18.5 Å². The van der Waals surface area contributed by atoms with E-state index in [4.69, 9.17) is 0 Å². The average molecular weight is 211 g/mol. The van der Waals surface area contributed by atoms with Crippen LogP contribution in [-0.2, 0) is 5.67 Å². The highest BCUT2D eigenvalue weighted by Gasteiger charge is 2.35. The summed E-state index contributed by atoms with van der Waals surface area (Å²) in [6.07, 6.45) is 1.16. The van der Waals surface area contributed by atoms with Gasteiger partial charge < -0.3 is 5.32 Å². The number of benzene rings is 1. The van der Waals surface area contributed by atoms with Crippen LogP contribution in [0.5, 0.6) is 0 Å². The van der Waals surface area contributed by atoms with Crippen molar-refractivity contribution in [1.29, 1.82) is 0 Å². The molecule has 1 atom stereocenters. The second kappa shape index (κ2) is 3.89. The molecular weight excluding hydrogens is 196 g/mol. The number of rotatable bonds is 1. The smallest absolute Gasteiger partial charge is 0.151 e. The highest BCUT2D eigenvalue weighted by atomic mass is 19.1. The van der Waals surface area contributed by atoms with Crippen LogP contribution in [0.2, 0.25) is 0 Å². The van der Waals surface area contributed by atoms with Crippen molar-refractivity contribution in [3.8, 4) is 0 Å². The summed E-state index contributed by atoms with van der Waals surface area (Å²) in [6, 6.07) is 4.63. The standard InChI is InChI=1S/C12H15F2N/c1-9-3-4-11(13)10(7-9)12(14)5-2-6-15-8-12/h3-4,7,15H,2,5-6,8H2,1H3. The third-order valence-corrected chi connectivity index (χ3v) is 2.94. The highest BCUT2D eigenvalue weighted by molar-refractivity contribution is 5.30. The SMILES string of the molecule is Cc1ccc(F)c(C2(F)CCCNC2)c1. The topological polar surface area (TPSA) is 12.0 Å². The van der Waals surface area contributed by atoms with Gasteiger partial charge in [0.25, 0.3) is 0 Å². The molecule has 0 aliphatic carbocycles. The van der Waals surface area contributed by atoms with E-state index in [1.165, 1.54) is 6.07 Å². The predicted octanol–water partition coefficient (Wildman–Crippen LogP) is 2.68.